The van der Waals surface area contributed by atoms with E-state index in [1.54, 1.807) is 14.2 Å². The van der Waals surface area contributed by atoms with Crippen LogP contribution >= 0.6 is 0 Å². The van der Waals surface area contributed by atoms with Crippen LogP contribution in [0, 0.1) is 0 Å². The molecule has 1 unspecified atom stereocenters. The van der Waals surface area contributed by atoms with E-state index in [4.69, 9.17) is 18.9 Å². The summed E-state index contributed by atoms with van der Waals surface area (Å²) in [6, 6.07) is 15.1. The van der Waals surface area contributed by atoms with Gasteiger partial charge in [-0.2, -0.15) is 0 Å². The molecule has 0 bridgehead atoms. The summed E-state index contributed by atoms with van der Waals surface area (Å²) in [5.74, 6) is 1.59. The molecule has 2 aromatic carbocycles. The van der Waals surface area contributed by atoms with Crippen LogP contribution in [0.3, 0.4) is 0 Å². The number of aryl methyl sites for hydroxylation is 1. The minimum absolute atomic E-state index is 0.188. The number of ether oxygens (including phenoxy) is 2. The van der Waals surface area contributed by atoms with Crippen molar-refractivity contribution in [3.8, 4) is 11.5 Å². The molecule has 4 rings (SSSR count). The highest BCUT2D eigenvalue weighted by molar-refractivity contribution is 6.74. The first-order chi connectivity index (χ1) is 17.1. The minimum Gasteiger partial charge on any atom is -0.497 e. The molecule has 0 saturated carbocycles. The number of benzene rings is 2. The molecule has 1 aliphatic heterocycles. The molecule has 1 atom stereocenters. The normalized spacial score (nSPS) is 16.4. The van der Waals surface area contributed by atoms with Gasteiger partial charge in [0.15, 0.2) is 8.32 Å². The lowest BCUT2D eigenvalue weighted by molar-refractivity contribution is 0.185. The van der Waals surface area contributed by atoms with Crippen LogP contribution in [0.5, 0.6) is 11.5 Å². The predicted octanol–water partition coefficient (Wildman–Crippen LogP) is 7.91. The van der Waals surface area contributed by atoms with Crippen LogP contribution in [0.1, 0.15) is 69.9 Å². The molecule has 6 heteroatoms. The number of aromatic nitrogens is 1. The first kappa shape index (κ1) is 26.5. The summed E-state index contributed by atoms with van der Waals surface area (Å²) in [7, 11) is 1.53. The molecule has 36 heavy (non-hydrogen) atoms. The summed E-state index contributed by atoms with van der Waals surface area (Å²) in [6.45, 7) is 15.4. The van der Waals surface area contributed by atoms with E-state index in [0.717, 1.165) is 48.6 Å². The molecule has 1 aliphatic rings. The van der Waals surface area contributed by atoms with Crippen molar-refractivity contribution < 1.29 is 13.9 Å². The smallest absolute Gasteiger partial charge is 0.192 e. The largest absolute Gasteiger partial charge is 0.497 e. The van der Waals surface area contributed by atoms with Crippen LogP contribution in [0.25, 0.3) is 10.9 Å². The maximum atomic E-state index is 6.83. The molecule has 0 fully saturated rings. The van der Waals surface area contributed by atoms with Crippen molar-refractivity contribution in [3.63, 3.8) is 0 Å². The highest BCUT2D eigenvalue weighted by Crippen LogP contribution is 2.43. The van der Waals surface area contributed by atoms with Crippen LogP contribution in [0.15, 0.2) is 47.5 Å². The second-order valence-electron chi connectivity index (χ2n) is 11.3. The fourth-order valence-electron chi connectivity index (χ4n) is 4.75. The molecule has 0 amide bonds. The van der Waals surface area contributed by atoms with Crippen LogP contribution in [-0.4, -0.2) is 32.8 Å². The first-order valence-corrected chi connectivity index (χ1v) is 16.0. The monoisotopic (exact) mass is 506 g/mol. The molecular formula is C30H42N2O3Si. The molecular weight excluding hydrogens is 464 g/mol. The number of hydrogen-bond donors (Lipinski definition) is 0. The molecule has 194 valence electrons. The zero-order valence-electron chi connectivity index (χ0n) is 23.3. The third-order valence-electron chi connectivity index (χ3n) is 7.88. The van der Waals surface area contributed by atoms with Gasteiger partial charge < -0.3 is 18.5 Å². The number of methoxy groups -OCH3 is 2. The Balaban J connectivity index is 1.62. The summed E-state index contributed by atoms with van der Waals surface area (Å²) < 4.78 is 20.2. The van der Waals surface area contributed by atoms with Crippen LogP contribution in [0.2, 0.25) is 18.1 Å². The van der Waals surface area contributed by atoms with E-state index in [1.807, 2.05) is 18.2 Å². The fraction of sp³-hybridized carbons (Fsp3) is 0.500. The van der Waals surface area contributed by atoms with E-state index in [-0.39, 0.29) is 11.1 Å². The number of nitrogens with zero attached hydrogens (tertiary/aromatic N) is 2. The molecule has 3 aromatic rings. The van der Waals surface area contributed by atoms with Crippen molar-refractivity contribution in [2.75, 3.05) is 14.2 Å². The van der Waals surface area contributed by atoms with E-state index in [9.17, 15) is 0 Å². The Morgan fingerprint density at radius 3 is 2.50 bits per heavy atom. The summed E-state index contributed by atoms with van der Waals surface area (Å²) >= 11 is 0. The summed E-state index contributed by atoms with van der Waals surface area (Å²) in [4.78, 5) is 5.05. The second-order valence-corrected chi connectivity index (χ2v) is 16.1. The van der Waals surface area contributed by atoms with Gasteiger partial charge in [-0.1, -0.05) is 40.2 Å². The zero-order valence-corrected chi connectivity index (χ0v) is 24.3. The molecule has 0 N–H and O–H groups in total. The third kappa shape index (κ3) is 5.25. The van der Waals surface area contributed by atoms with Crippen LogP contribution in [-0.2, 0) is 17.5 Å². The molecule has 1 aromatic heterocycles. The van der Waals surface area contributed by atoms with Gasteiger partial charge in [-0.3, -0.25) is 4.99 Å². The SMILES string of the molecule is CCCC(=NCc1ccc(OC)cc1OC)c1ccc2c(c1)cc1n2CCC1O[Si](C)(C)C(C)(C)C. The van der Waals surface area contributed by atoms with Crippen molar-refractivity contribution in [3.05, 3.63) is 59.3 Å². The van der Waals surface area contributed by atoms with Gasteiger partial charge in [0.25, 0.3) is 0 Å². The molecule has 2 heterocycles. The van der Waals surface area contributed by atoms with E-state index in [2.05, 4.69) is 69.6 Å². The van der Waals surface area contributed by atoms with Crippen LogP contribution in [0.4, 0.5) is 0 Å². The Morgan fingerprint density at radius 1 is 1.06 bits per heavy atom. The minimum atomic E-state index is -1.83. The lowest BCUT2D eigenvalue weighted by atomic mass is 10.0. The summed E-state index contributed by atoms with van der Waals surface area (Å²) in [6.07, 6.45) is 3.24. The van der Waals surface area contributed by atoms with E-state index in [1.165, 1.54) is 22.2 Å². The predicted molar refractivity (Wildman–Crippen MR) is 152 cm³/mol. The van der Waals surface area contributed by atoms with Crippen molar-refractivity contribution in [1.29, 1.82) is 0 Å². The molecule has 0 aliphatic carbocycles. The first-order valence-electron chi connectivity index (χ1n) is 13.1. The van der Waals surface area contributed by atoms with Gasteiger partial charge in [-0.25, -0.2) is 0 Å². The molecule has 0 spiro atoms. The maximum absolute atomic E-state index is 6.83. The Kier molecular flexibility index (Phi) is 7.67. The van der Waals surface area contributed by atoms with Gasteiger partial charge in [-0.05, 0) is 66.9 Å². The maximum Gasteiger partial charge on any atom is 0.192 e. The lowest BCUT2D eigenvalue weighted by Crippen LogP contribution is -2.41. The Hall–Kier alpha value is -2.57. The Bertz CT molecular complexity index is 1250. The van der Waals surface area contributed by atoms with E-state index in [0.29, 0.717) is 6.54 Å². The Morgan fingerprint density at radius 2 is 1.83 bits per heavy atom. The van der Waals surface area contributed by atoms with Crippen molar-refractivity contribution in [1.82, 2.24) is 4.57 Å². The van der Waals surface area contributed by atoms with Crippen molar-refractivity contribution >= 4 is 24.9 Å². The van der Waals surface area contributed by atoms with Crippen molar-refractivity contribution in [2.24, 2.45) is 4.99 Å². The lowest BCUT2D eigenvalue weighted by Gasteiger charge is -2.38. The molecule has 5 nitrogen and oxygen atoms in total. The van der Waals surface area contributed by atoms with Gasteiger partial charge in [-0.15, -0.1) is 0 Å². The fourth-order valence-corrected chi connectivity index (χ4v) is 6.05. The quantitative estimate of drug-likeness (QED) is 0.219. The number of hydrogen-bond acceptors (Lipinski definition) is 4. The average Bonchev–Trinajstić information content (AvgIpc) is 3.39. The molecule has 0 radical (unpaired) electrons. The highest BCUT2D eigenvalue weighted by atomic mass is 28.4. The average molecular weight is 507 g/mol. The zero-order chi connectivity index (χ0) is 26.1. The summed E-state index contributed by atoms with van der Waals surface area (Å²) in [5.41, 5.74) is 6.01. The van der Waals surface area contributed by atoms with Gasteiger partial charge in [0.05, 0.1) is 26.9 Å². The van der Waals surface area contributed by atoms with E-state index < -0.39 is 8.32 Å². The highest BCUT2D eigenvalue weighted by Gasteiger charge is 2.41. The third-order valence-corrected chi connectivity index (χ3v) is 12.4. The number of fused-ring (bicyclic) bond motifs is 3. The van der Waals surface area contributed by atoms with Crippen LogP contribution < -0.4 is 9.47 Å². The van der Waals surface area contributed by atoms with Crippen molar-refractivity contribution in [2.45, 2.75) is 84.3 Å². The number of aliphatic imine (C=N–C) groups is 1. The topological polar surface area (TPSA) is 45.0 Å². The standard InChI is InChI=1S/C30H42N2O3Si/c1-9-10-25(31-20-22-11-13-24(33-5)19-29(22)34-6)21-12-14-26-23(17-21)18-27-28(15-16-32(26)27)35-36(7,8)30(2,3)4/h11-14,17-19,28H,9-10,15-16,20H2,1-8H3. The molecule has 0 saturated heterocycles. The van der Waals surface area contributed by atoms with Gasteiger partial charge >= 0.3 is 0 Å². The Labute approximate surface area is 217 Å². The second kappa shape index (κ2) is 10.4. The summed E-state index contributed by atoms with van der Waals surface area (Å²) in [5, 5.41) is 1.48. The van der Waals surface area contributed by atoms with Gasteiger partial charge in [0.2, 0.25) is 0 Å². The van der Waals surface area contributed by atoms with Gasteiger partial charge in [0, 0.05) is 40.5 Å². The van der Waals surface area contributed by atoms with Gasteiger partial charge in [0.1, 0.15) is 11.5 Å². The van der Waals surface area contributed by atoms with E-state index >= 15 is 0 Å². The number of rotatable bonds is 9.